The minimum Gasteiger partial charge on any atom is -0.460 e. The van der Waals surface area contributed by atoms with Crippen molar-refractivity contribution < 1.29 is 19.4 Å². The predicted molar refractivity (Wildman–Crippen MR) is 146 cm³/mol. The molecule has 0 aliphatic carbocycles. The fourth-order valence-electron chi connectivity index (χ4n) is 5.44. The monoisotopic (exact) mass is 522 g/mol. The summed E-state index contributed by atoms with van der Waals surface area (Å²) in [6, 6.07) is 18.3. The number of carbonyl (C=O) groups is 2. The molecule has 2 aliphatic heterocycles. The Morgan fingerprint density at radius 2 is 1.87 bits per heavy atom. The number of aryl methyl sites for hydroxylation is 2. The molecule has 6 rings (SSSR count). The van der Waals surface area contributed by atoms with Gasteiger partial charge in [0.05, 0.1) is 34.5 Å². The molecule has 9 heteroatoms. The zero-order valence-corrected chi connectivity index (χ0v) is 21.5. The van der Waals surface area contributed by atoms with Crippen LogP contribution in [0, 0.1) is 13.8 Å². The smallest absolute Gasteiger partial charge is 0.338 e. The molecule has 0 saturated carbocycles. The van der Waals surface area contributed by atoms with Crippen LogP contribution in [0.4, 0.5) is 5.69 Å². The van der Waals surface area contributed by atoms with Crippen molar-refractivity contribution >= 4 is 34.2 Å². The number of anilines is 1. The number of aliphatic imine (C=N–C) groups is 1. The van der Waals surface area contributed by atoms with Gasteiger partial charge in [0, 0.05) is 17.7 Å². The third-order valence-electron chi connectivity index (χ3n) is 7.13. The van der Waals surface area contributed by atoms with E-state index < -0.39 is 17.7 Å². The quantitative estimate of drug-likeness (QED) is 0.403. The highest BCUT2D eigenvalue weighted by Crippen LogP contribution is 2.39. The second-order valence-electron chi connectivity index (χ2n) is 9.70. The number of ether oxygens (including phenoxy) is 1. The summed E-state index contributed by atoms with van der Waals surface area (Å²) in [5, 5.41) is 9.18. The van der Waals surface area contributed by atoms with Crippen LogP contribution in [-0.2, 0) is 16.0 Å². The molecule has 1 N–H and O–H groups in total. The van der Waals surface area contributed by atoms with Gasteiger partial charge in [0.2, 0.25) is 6.17 Å². The molecule has 0 bridgehead atoms. The Bertz CT molecular complexity index is 1740. The largest absolute Gasteiger partial charge is 0.460 e. The van der Waals surface area contributed by atoms with Crippen molar-refractivity contribution in [2.24, 2.45) is 4.99 Å². The Labute approximate surface area is 224 Å². The lowest BCUT2D eigenvalue weighted by Crippen LogP contribution is -2.39. The summed E-state index contributed by atoms with van der Waals surface area (Å²) in [7, 11) is 0. The minimum absolute atomic E-state index is 0.128. The number of carbonyl (C=O) groups excluding carboxylic acids is 2. The van der Waals surface area contributed by atoms with Gasteiger partial charge in [-0.1, -0.05) is 42.0 Å². The molecule has 196 valence electrons. The highest BCUT2D eigenvalue weighted by atomic mass is 16.5. The van der Waals surface area contributed by atoms with Gasteiger partial charge in [-0.25, -0.2) is 14.8 Å². The van der Waals surface area contributed by atoms with Gasteiger partial charge >= 0.3 is 5.97 Å². The third kappa shape index (κ3) is 4.11. The highest BCUT2D eigenvalue weighted by molar-refractivity contribution is 6.20. The Morgan fingerprint density at radius 3 is 2.64 bits per heavy atom. The minimum atomic E-state index is -1.16. The molecule has 1 atom stereocenters. The summed E-state index contributed by atoms with van der Waals surface area (Å²) >= 11 is 0. The van der Waals surface area contributed by atoms with E-state index >= 15 is 0 Å². The zero-order valence-electron chi connectivity index (χ0n) is 21.5. The van der Waals surface area contributed by atoms with Gasteiger partial charge in [0.15, 0.2) is 0 Å². The van der Waals surface area contributed by atoms with E-state index in [9.17, 15) is 14.4 Å². The van der Waals surface area contributed by atoms with Gasteiger partial charge in [-0.05, 0) is 50.1 Å². The second kappa shape index (κ2) is 9.59. The van der Waals surface area contributed by atoms with E-state index in [2.05, 4.69) is 11.1 Å². The summed E-state index contributed by atoms with van der Waals surface area (Å²) in [4.78, 5) is 51.5. The van der Waals surface area contributed by atoms with Crippen molar-refractivity contribution in [2.75, 3.05) is 24.7 Å². The number of aliphatic hydroxyl groups excluding tert-OH is 1. The Balaban J connectivity index is 1.54. The highest BCUT2D eigenvalue weighted by Gasteiger charge is 2.38. The standard InChI is InChI=1S/C30H26N4O5/c1-17-14-20-10-11-33-26(20)23(15-17)25(19-6-4-3-5-7-19)32-27(29(33)37)34-18(2)31-24-16-21(30(38)39-13-12-35)8-9-22(24)28(34)36/h3-9,14-16,27,35H,10-13H2,1-2H3. The number of hydrogen-bond acceptors (Lipinski definition) is 7. The molecule has 3 aromatic carbocycles. The first-order chi connectivity index (χ1) is 18.9. The maximum absolute atomic E-state index is 14.1. The molecule has 1 unspecified atom stereocenters. The van der Waals surface area contributed by atoms with Gasteiger partial charge in [0.1, 0.15) is 12.4 Å². The van der Waals surface area contributed by atoms with Crippen LogP contribution in [-0.4, -0.2) is 52.0 Å². The molecule has 4 aromatic rings. The van der Waals surface area contributed by atoms with E-state index in [0.29, 0.717) is 23.6 Å². The first-order valence-electron chi connectivity index (χ1n) is 12.8. The number of hydrogen-bond donors (Lipinski definition) is 1. The number of amides is 1. The zero-order chi connectivity index (χ0) is 27.3. The lowest BCUT2D eigenvalue weighted by molar-refractivity contribution is -0.121. The molecule has 9 nitrogen and oxygen atoms in total. The molecule has 0 saturated heterocycles. The van der Waals surface area contributed by atoms with Crippen molar-refractivity contribution in [3.05, 3.63) is 105 Å². The average molecular weight is 523 g/mol. The van der Waals surface area contributed by atoms with E-state index in [1.165, 1.54) is 22.8 Å². The van der Waals surface area contributed by atoms with Gasteiger partial charge in [-0.2, -0.15) is 0 Å². The van der Waals surface area contributed by atoms with Gasteiger partial charge in [-0.15, -0.1) is 0 Å². The maximum atomic E-state index is 14.1. The average Bonchev–Trinajstić information content (AvgIpc) is 3.31. The first kappa shape index (κ1) is 24.7. The van der Waals surface area contributed by atoms with Crippen LogP contribution in [0.2, 0.25) is 0 Å². The summed E-state index contributed by atoms with van der Waals surface area (Å²) in [5.41, 5.74) is 5.47. The predicted octanol–water partition coefficient (Wildman–Crippen LogP) is 3.10. The fraction of sp³-hybridized carbons (Fsp3) is 0.233. The molecule has 1 aromatic heterocycles. The Hall–Kier alpha value is -4.63. The lowest BCUT2D eigenvalue weighted by Gasteiger charge is -2.23. The molecular formula is C30H26N4O5. The molecule has 3 heterocycles. The summed E-state index contributed by atoms with van der Waals surface area (Å²) in [6.07, 6.45) is -0.429. The summed E-state index contributed by atoms with van der Waals surface area (Å²) in [5.74, 6) is -0.617. The number of aliphatic hydroxyl groups is 1. The molecule has 2 aliphatic rings. The number of fused-ring (bicyclic) bond motifs is 1. The lowest BCUT2D eigenvalue weighted by atomic mass is 9.96. The van der Waals surface area contributed by atoms with Crippen molar-refractivity contribution in [1.82, 2.24) is 9.55 Å². The fourth-order valence-corrected chi connectivity index (χ4v) is 5.44. The second-order valence-corrected chi connectivity index (χ2v) is 9.70. The maximum Gasteiger partial charge on any atom is 0.338 e. The van der Waals surface area contributed by atoms with Crippen molar-refractivity contribution in [3.63, 3.8) is 0 Å². The topological polar surface area (TPSA) is 114 Å². The van der Waals surface area contributed by atoms with E-state index in [-0.39, 0.29) is 30.1 Å². The van der Waals surface area contributed by atoms with Crippen LogP contribution >= 0.6 is 0 Å². The number of aromatic nitrogens is 2. The van der Waals surface area contributed by atoms with Crippen molar-refractivity contribution in [3.8, 4) is 0 Å². The number of nitrogens with zero attached hydrogens (tertiary/aromatic N) is 4. The van der Waals surface area contributed by atoms with Gasteiger partial charge in [-0.3, -0.25) is 14.2 Å². The van der Waals surface area contributed by atoms with Gasteiger partial charge < -0.3 is 14.7 Å². The number of esters is 1. The van der Waals surface area contributed by atoms with Crippen molar-refractivity contribution in [1.29, 1.82) is 0 Å². The Morgan fingerprint density at radius 1 is 1.08 bits per heavy atom. The van der Waals surface area contributed by atoms with E-state index in [1.54, 1.807) is 11.8 Å². The Kier molecular flexibility index (Phi) is 6.07. The molecule has 0 spiro atoms. The van der Waals surface area contributed by atoms with E-state index in [0.717, 1.165) is 34.4 Å². The number of rotatable bonds is 5. The first-order valence-corrected chi connectivity index (χ1v) is 12.8. The van der Waals surface area contributed by atoms with Crippen molar-refractivity contribution in [2.45, 2.75) is 26.4 Å². The van der Waals surface area contributed by atoms with Crippen LogP contribution in [0.3, 0.4) is 0 Å². The van der Waals surface area contributed by atoms with Gasteiger partial charge in [0.25, 0.3) is 11.5 Å². The van der Waals surface area contributed by atoms with Crippen LogP contribution in [0.15, 0.2) is 70.5 Å². The van der Waals surface area contributed by atoms with Crippen LogP contribution in [0.5, 0.6) is 0 Å². The van der Waals surface area contributed by atoms with E-state index in [1.807, 2.05) is 43.3 Å². The summed E-state index contributed by atoms with van der Waals surface area (Å²) in [6.45, 7) is 3.77. The van der Waals surface area contributed by atoms with Crippen LogP contribution in [0.1, 0.15) is 44.6 Å². The summed E-state index contributed by atoms with van der Waals surface area (Å²) < 4.78 is 6.33. The third-order valence-corrected chi connectivity index (χ3v) is 7.13. The molecule has 0 radical (unpaired) electrons. The SMILES string of the molecule is Cc1cc2c3c(c1)C(c1ccccc1)=NC(n1c(C)nc4cc(C(=O)OCCO)ccc4c1=O)C(=O)N3CC2. The molecule has 1 amide bonds. The van der Waals surface area contributed by atoms with E-state index in [4.69, 9.17) is 14.8 Å². The molecule has 0 fully saturated rings. The molecule has 39 heavy (non-hydrogen) atoms. The molecular weight excluding hydrogens is 496 g/mol. The normalized spacial score (nSPS) is 16.2. The van der Waals surface area contributed by atoms with Crippen LogP contribution in [0.25, 0.3) is 10.9 Å². The number of benzene rings is 3. The van der Waals surface area contributed by atoms with Crippen LogP contribution < -0.4 is 10.5 Å².